The van der Waals surface area contributed by atoms with Gasteiger partial charge in [-0.2, -0.15) is 0 Å². The minimum atomic E-state index is -0.465. The van der Waals surface area contributed by atoms with Crippen LogP contribution < -0.4 is 4.74 Å². The number of Topliss-reactive ketones (excluding diaryl/α,β-unsaturated/α-hetero) is 1. The topological polar surface area (TPSA) is 87.2 Å². The van der Waals surface area contributed by atoms with Crippen molar-refractivity contribution in [3.63, 3.8) is 0 Å². The Bertz CT molecular complexity index is 1650. The maximum absolute atomic E-state index is 14.4. The van der Waals surface area contributed by atoms with Gasteiger partial charge in [-0.05, 0) is 125 Å². The Hall–Kier alpha value is -2.55. The maximum atomic E-state index is 14.4. The van der Waals surface area contributed by atoms with Gasteiger partial charge in [0.25, 0.3) is 0 Å². The van der Waals surface area contributed by atoms with Crippen molar-refractivity contribution in [3.05, 3.63) is 62.3 Å². The molecule has 6 rings (SSSR count). The number of amides is 1. The molecule has 2 aliphatic heterocycles. The summed E-state index contributed by atoms with van der Waals surface area (Å²) in [4.78, 5) is 30.0. The highest BCUT2D eigenvalue weighted by Gasteiger charge is 2.52. The van der Waals surface area contributed by atoms with Gasteiger partial charge in [0.1, 0.15) is 17.1 Å². The summed E-state index contributed by atoms with van der Waals surface area (Å²) in [5, 5.41) is 0. The molecular weight excluding hydrogens is 733 g/mol. The van der Waals surface area contributed by atoms with Gasteiger partial charge in [-0.1, -0.05) is 12.1 Å². The number of aromatic nitrogens is 1. The van der Waals surface area contributed by atoms with E-state index in [0.717, 1.165) is 37.8 Å². The number of halogens is 2. The largest absolute Gasteiger partial charge is 0.490 e. The minimum absolute atomic E-state index is 0.161. The number of pyridine rings is 1. The van der Waals surface area contributed by atoms with E-state index in [1.807, 2.05) is 60.6 Å². The molecule has 8 nitrogen and oxygen atoms in total. The van der Waals surface area contributed by atoms with E-state index in [-0.39, 0.29) is 42.4 Å². The van der Waals surface area contributed by atoms with Crippen molar-refractivity contribution in [2.45, 2.75) is 97.4 Å². The highest BCUT2D eigenvalue weighted by Crippen LogP contribution is 2.40. The van der Waals surface area contributed by atoms with E-state index in [1.165, 1.54) is 6.07 Å². The van der Waals surface area contributed by atoms with Crippen LogP contribution in [0.5, 0.6) is 11.5 Å². The standard InChI is InChI=1S/C19H15FINO2S.C16H28BNO4/c20-14-9-12(8-13(23)7-11-1-2-11)3-4-16(14)24-17-5-6-22-15-10-18(21)25-19(15)17;1-14(2,3)20-13(19)18-10-8-12(9-11-18)17-21-15(4,5)16(6,7)22-17/h3-6,9-11H,1-2,7-8H2;8H,9-11H2,1-7H3. The van der Waals surface area contributed by atoms with Crippen LogP contribution in [0.25, 0.3) is 10.2 Å². The van der Waals surface area contributed by atoms with Gasteiger partial charge >= 0.3 is 13.2 Å². The zero-order valence-electron chi connectivity index (χ0n) is 28.2. The molecule has 47 heavy (non-hydrogen) atoms. The predicted octanol–water partition coefficient (Wildman–Crippen LogP) is 8.93. The van der Waals surface area contributed by atoms with Gasteiger partial charge in [0.2, 0.25) is 0 Å². The number of hydrogen-bond donors (Lipinski definition) is 0. The molecule has 1 amide bonds. The summed E-state index contributed by atoms with van der Waals surface area (Å²) in [7, 11) is -0.314. The van der Waals surface area contributed by atoms with Gasteiger partial charge in [0.05, 0.1) is 24.3 Å². The number of benzene rings is 1. The second-order valence-electron chi connectivity index (χ2n) is 14.3. The van der Waals surface area contributed by atoms with E-state index in [1.54, 1.807) is 40.6 Å². The van der Waals surface area contributed by atoms with Crippen molar-refractivity contribution in [1.29, 1.82) is 0 Å². The number of hydrogen-bond acceptors (Lipinski definition) is 8. The van der Waals surface area contributed by atoms with Crippen molar-refractivity contribution in [2.75, 3.05) is 13.1 Å². The number of ether oxygens (including phenoxy) is 2. The fourth-order valence-corrected chi connectivity index (χ4v) is 6.90. The number of thiophene rings is 1. The monoisotopic (exact) mass is 776 g/mol. The lowest BCUT2D eigenvalue weighted by Gasteiger charge is -2.32. The zero-order chi connectivity index (χ0) is 34.1. The molecule has 1 aromatic carbocycles. The zero-order valence-corrected chi connectivity index (χ0v) is 31.1. The summed E-state index contributed by atoms with van der Waals surface area (Å²) in [5.74, 6) is 1.04. The molecule has 12 heteroatoms. The van der Waals surface area contributed by atoms with Gasteiger partial charge in [0, 0.05) is 38.2 Å². The predicted molar refractivity (Wildman–Crippen MR) is 191 cm³/mol. The van der Waals surface area contributed by atoms with Crippen LogP contribution in [0.1, 0.15) is 79.7 Å². The lowest BCUT2D eigenvalue weighted by atomic mass is 9.75. The molecule has 0 bridgehead atoms. The third kappa shape index (κ3) is 9.33. The molecule has 0 atom stereocenters. The van der Waals surface area contributed by atoms with Gasteiger partial charge in [-0.25, -0.2) is 9.18 Å². The molecule has 4 heterocycles. The summed E-state index contributed by atoms with van der Waals surface area (Å²) in [5.41, 5.74) is 1.52. The molecule has 252 valence electrons. The lowest BCUT2D eigenvalue weighted by molar-refractivity contribution is -0.118. The molecule has 3 aliphatic rings. The molecule has 0 spiro atoms. The van der Waals surface area contributed by atoms with E-state index in [0.29, 0.717) is 36.7 Å². The molecule has 1 aliphatic carbocycles. The Morgan fingerprint density at radius 1 is 1.11 bits per heavy atom. The molecule has 1 saturated heterocycles. The maximum Gasteiger partial charge on any atom is 0.490 e. The van der Waals surface area contributed by atoms with Gasteiger partial charge in [-0.3, -0.25) is 9.78 Å². The number of carbonyl (C=O) groups is 2. The molecule has 3 aromatic rings. The van der Waals surface area contributed by atoms with E-state index in [2.05, 4.69) is 27.6 Å². The fourth-order valence-electron chi connectivity index (χ4n) is 5.15. The first kappa shape index (κ1) is 35.8. The van der Waals surface area contributed by atoms with Crippen LogP contribution in [0.2, 0.25) is 0 Å². The highest BCUT2D eigenvalue weighted by molar-refractivity contribution is 14.1. The molecular formula is C35H43BFIN2O6S. The Morgan fingerprint density at radius 3 is 2.40 bits per heavy atom. The number of ketones is 1. The van der Waals surface area contributed by atoms with E-state index in [4.69, 9.17) is 18.8 Å². The minimum Gasteiger partial charge on any atom is -0.453 e. The third-order valence-corrected chi connectivity index (χ3v) is 10.5. The van der Waals surface area contributed by atoms with Crippen LogP contribution in [0.15, 0.2) is 48.1 Å². The number of carbonyl (C=O) groups excluding carboxylic acids is 2. The van der Waals surface area contributed by atoms with Crippen molar-refractivity contribution in [1.82, 2.24) is 9.88 Å². The number of rotatable bonds is 7. The van der Waals surface area contributed by atoms with E-state index in [9.17, 15) is 14.0 Å². The van der Waals surface area contributed by atoms with Gasteiger partial charge < -0.3 is 23.7 Å². The first-order valence-corrected chi connectivity index (χ1v) is 17.9. The fraction of sp³-hybridized carbons (Fsp3) is 0.514. The van der Waals surface area contributed by atoms with Crippen molar-refractivity contribution in [2.24, 2.45) is 5.92 Å². The number of fused-ring (bicyclic) bond motifs is 1. The molecule has 0 radical (unpaired) electrons. The summed E-state index contributed by atoms with van der Waals surface area (Å²) in [6, 6.07) is 8.47. The first-order valence-electron chi connectivity index (χ1n) is 16.0. The third-order valence-electron chi connectivity index (χ3n) is 8.63. The summed E-state index contributed by atoms with van der Waals surface area (Å²) >= 11 is 3.79. The van der Waals surface area contributed by atoms with Crippen molar-refractivity contribution in [3.8, 4) is 11.5 Å². The molecule has 1 saturated carbocycles. The highest BCUT2D eigenvalue weighted by atomic mass is 127. The summed E-state index contributed by atoms with van der Waals surface area (Å²) in [6.07, 6.45) is 7.36. The second-order valence-corrected chi connectivity index (χ2v) is 17.3. The van der Waals surface area contributed by atoms with Crippen molar-refractivity contribution >= 4 is 63.1 Å². The van der Waals surface area contributed by atoms with E-state index >= 15 is 0 Å². The molecule has 2 aromatic heterocycles. The summed E-state index contributed by atoms with van der Waals surface area (Å²) < 4.78 is 39.7. The Labute approximate surface area is 294 Å². The Balaban J connectivity index is 0.000000186. The number of nitrogens with zero attached hydrogens (tertiary/aromatic N) is 2. The normalized spacial score (nSPS) is 18.8. The van der Waals surface area contributed by atoms with Crippen LogP contribution in [0.4, 0.5) is 9.18 Å². The summed E-state index contributed by atoms with van der Waals surface area (Å²) in [6.45, 7) is 15.0. The van der Waals surface area contributed by atoms with Gasteiger partial charge in [0.15, 0.2) is 11.6 Å². The van der Waals surface area contributed by atoms with Crippen molar-refractivity contribution < 1.29 is 32.8 Å². The van der Waals surface area contributed by atoms with Crippen LogP contribution >= 0.6 is 33.9 Å². The molecule has 0 N–H and O–H groups in total. The van der Waals surface area contributed by atoms with E-state index < -0.39 is 11.4 Å². The Morgan fingerprint density at radius 2 is 1.81 bits per heavy atom. The average Bonchev–Trinajstić information content (AvgIpc) is 3.64. The van der Waals surface area contributed by atoms with Crippen LogP contribution in [-0.2, 0) is 25.3 Å². The van der Waals surface area contributed by atoms with Crippen LogP contribution in [0.3, 0.4) is 0 Å². The second kappa shape index (κ2) is 14.1. The van der Waals surface area contributed by atoms with Crippen LogP contribution in [-0.4, -0.2) is 58.8 Å². The first-order chi connectivity index (χ1) is 22.0. The SMILES string of the molecule is CC(C)(C)OC(=O)N1CC=C(B2OC(C)(C)C(C)(C)O2)CC1.O=C(Cc1ccc(Oc2ccnc3cc(I)sc23)c(F)c1)CC1CC1. The quantitative estimate of drug-likeness (QED) is 0.175. The average molecular weight is 777 g/mol. The lowest BCUT2D eigenvalue weighted by Crippen LogP contribution is -2.41. The molecule has 2 fully saturated rings. The Kier molecular flexibility index (Phi) is 10.7. The van der Waals surface area contributed by atoms with Gasteiger partial charge in [-0.15, -0.1) is 11.3 Å². The smallest absolute Gasteiger partial charge is 0.453 e. The molecule has 0 unspecified atom stereocenters. The van der Waals surface area contributed by atoms with Crippen LogP contribution in [0, 0.1) is 14.6 Å².